The number of methoxy groups -OCH3 is 1. The lowest BCUT2D eigenvalue weighted by Gasteiger charge is -2.22. The van der Waals surface area contributed by atoms with Crippen molar-refractivity contribution < 1.29 is 19.4 Å². The summed E-state index contributed by atoms with van der Waals surface area (Å²) in [6.45, 7) is 0.217. The van der Waals surface area contributed by atoms with Crippen LogP contribution in [-0.4, -0.2) is 49.8 Å². The molecule has 0 saturated heterocycles. The van der Waals surface area contributed by atoms with Crippen LogP contribution in [0.5, 0.6) is 11.5 Å². The normalized spacial score (nSPS) is 18.6. The second-order valence-corrected chi connectivity index (χ2v) is 9.70. The highest BCUT2D eigenvalue weighted by Gasteiger charge is 2.33. The number of hydrogen-bond acceptors (Lipinski definition) is 7. The van der Waals surface area contributed by atoms with Crippen LogP contribution >= 0.6 is 11.3 Å². The second-order valence-electron chi connectivity index (χ2n) is 8.92. The standard InChI is InChI=1S/C25H25N5O4S/c1-29-7-5-20(27-29)17-10-18-22(11-21(17)33-2)34-12-19-23(25(32)26-14-3-4-16(31)9-14)28-30(24(18)19)15-6-8-35-13-15/h5-8,10-11,13-14,16,31H,3-4,9,12H2,1-2H3,(H,26,32)/t14-,16-/m0/s1. The molecular formula is C25H25N5O4S. The van der Waals surface area contributed by atoms with Crippen molar-refractivity contribution in [3.05, 3.63) is 52.5 Å². The number of aromatic nitrogens is 4. The molecule has 1 aliphatic carbocycles. The molecule has 2 atom stereocenters. The first-order valence-corrected chi connectivity index (χ1v) is 12.4. The van der Waals surface area contributed by atoms with Gasteiger partial charge in [0.25, 0.3) is 5.91 Å². The molecule has 4 heterocycles. The van der Waals surface area contributed by atoms with Gasteiger partial charge in [0.15, 0.2) is 5.69 Å². The van der Waals surface area contributed by atoms with Crippen LogP contribution in [0.25, 0.3) is 28.2 Å². The lowest BCUT2D eigenvalue weighted by molar-refractivity contribution is 0.0926. The number of aliphatic hydroxyl groups is 1. The molecule has 2 N–H and O–H groups in total. The molecular weight excluding hydrogens is 466 g/mol. The molecule has 4 aromatic rings. The number of nitrogens with one attached hydrogen (secondary N) is 1. The van der Waals surface area contributed by atoms with Crippen molar-refractivity contribution in [2.75, 3.05) is 7.11 Å². The maximum Gasteiger partial charge on any atom is 0.272 e. The summed E-state index contributed by atoms with van der Waals surface area (Å²) in [6.07, 6.45) is 3.53. The van der Waals surface area contributed by atoms with Crippen molar-refractivity contribution in [1.82, 2.24) is 24.9 Å². The van der Waals surface area contributed by atoms with Crippen LogP contribution in [0, 0.1) is 0 Å². The minimum Gasteiger partial charge on any atom is -0.496 e. The summed E-state index contributed by atoms with van der Waals surface area (Å²) < 4.78 is 15.3. The van der Waals surface area contributed by atoms with E-state index in [1.165, 1.54) is 0 Å². The van der Waals surface area contributed by atoms with Gasteiger partial charge in [-0.05, 0) is 42.8 Å². The quantitative estimate of drug-likeness (QED) is 0.443. The first kappa shape index (κ1) is 21.9. The van der Waals surface area contributed by atoms with Gasteiger partial charge in [0.05, 0.1) is 30.3 Å². The van der Waals surface area contributed by atoms with Crippen molar-refractivity contribution in [2.24, 2.45) is 7.05 Å². The Labute approximate surface area is 205 Å². The first-order chi connectivity index (χ1) is 17.0. The fourth-order valence-corrected chi connectivity index (χ4v) is 5.51. The third kappa shape index (κ3) is 3.78. The van der Waals surface area contributed by atoms with Crippen molar-refractivity contribution in [2.45, 2.75) is 38.0 Å². The predicted octanol–water partition coefficient (Wildman–Crippen LogP) is 3.55. The Hall–Kier alpha value is -3.63. The highest BCUT2D eigenvalue weighted by molar-refractivity contribution is 7.08. The van der Waals surface area contributed by atoms with Gasteiger partial charge < -0.3 is 19.9 Å². The van der Waals surface area contributed by atoms with Crippen LogP contribution in [0.2, 0.25) is 0 Å². The molecule has 6 rings (SSSR count). The lowest BCUT2D eigenvalue weighted by atomic mass is 9.98. The van der Waals surface area contributed by atoms with E-state index in [2.05, 4.69) is 10.4 Å². The topological polar surface area (TPSA) is 103 Å². The van der Waals surface area contributed by atoms with Crippen molar-refractivity contribution in [3.8, 4) is 39.7 Å². The van der Waals surface area contributed by atoms with Gasteiger partial charge >= 0.3 is 0 Å². The fourth-order valence-electron chi connectivity index (χ4n) is 4.90. The van der Waals surface area contributed by atoms with E-state index < -0.39 is 0 Å². The smallest absolute Gasteiger partial charge is 0.272 e. The first-order valence-electron chi connectivity index (χ1n) is 11.5. The maximum absolute atomic E-state index is 13.3. The van der Waals surface area contributed by atoms with Gasteiger partial charge in [0, 0.05) is 47.4 Å². The number of fused-ring (bicyclic) bond motifs is 3. The molecule has 0 radical (unpaired) electrons. The molecule has 0 spiro atoms. The van der Waals surface area contributed by atoms with Crippen molar-refractivity contribution in [3.63, 3.8) is 0 Å². The minimum absolute atomic E-state index is 0.0590. The molecule has 0 bridgehead atoms. The Kier molecular flexibility index (Phi) is 5.34. The predicted molar refractivity (Wildman–Crippen MR) is 131 cm³/mol. The molecule has 1 amide bonds. The van der Waals surface area contributed by atoms with Crippen LogP contribution in [0.3, 0.4) is 0 Å². The number of amides is 1. The summed E-state index contributed by atoms with van der Waals surface area (Å²) in [5, 5.41) is 26.2. The summed E-state index contributed by atoms with van der Waals surface area (Å²) in [7, 11) is 3.50. The van der Waals surface area contributed by atoms with E-state index in [-0.39, 0.29) is 24.7 Å². The molecule has 1 aliphatic heterocycles. The van der Waals surface area contributed by atoms with E-state index in [4.69, 9.17) is 14.6 Å². The third-order valence-corrected chi connectivity index (χ3v) is 7.28. The van der Waals surface area contributed by atoms with Gasteiger partial charge in [-0.1, -0.05) is 0 Å². The van der Waals surface area contributed by atoms with Crippen LogP contribution in [0.4, 0.5) is 0 Å². The zero-order valence-corrected chi connectivity index (χ0v) is 20.2. The van der Waals surface area contributed by atoms with Gasteiger partial charge in [-0.15, -0.1) is 0 Å². The molecule has 0 unspecified atom stereocenters. The molecule has 35 heavy (non-hydrogen) atoms. The van der Waals surface area contributed by atoms with Gasteiger partial charge in [-0.25, -0.2) is 4.68 Å². The maximum atomic E-state index is 13.3. The Morgan fingerprint density at radius 3 is 2.83 bits per heavy atom. The average Bonchev–Trinajstić information content (AvgIpc) is 3.65. The molecule has 9 nitrogen and oxygen atoms in total. The molecule has 180 valence electrons. The number of hydrogen-bond donors (Lipinski definition) is 2. The SMILES string of the molecule is COc1cc2c(cc1-c1ccn(C)n1)-c1c(c(C(=O)N[C@H]3CC[C@H](O)C3)nn1-c1ccsc1)CO2. The van der Waals surface area contributed by atoms with E-state index >= 15 is 0 Å². The Morgan fingerprint density at radius 1 is 1.26 bits per heavy atom. The van der Waals surface area contributed by atoms with Crippen LogP contribution in [0.1, 0.15) is 35.3 Å². The van der Waals surface area contributed by atoms with E-state index in [0.29, 0.717) is 30.0 Å². The number of ether oxygens (including phenoxy) is 2. The highest BCUT2D eigenvalue weighted by atomic mass is 32.1. The van der Waals surface area contributed by atoms with Gasteiger partial charge in [-0.3, -0.25) is 9.48 Å². The number of rotatable bonds is 5. The van der Waals surface area contributed by atoms with E-state index in [9.17, 15) is 9.90 Å². The molecule has 10 heteroatoms. The molecule has 1 saturated carbocycles. The zero-order chi connectivity index (χ0) is 24.1. The van der Waals surface area contributed by atoms with Crippen LogP contribution in [-0.2, 0) is 13.7 Å². The number of benzene rings is 1. The summed E-state index contributed by atoms with van der Waals surface area (Å²) in [4.78, 5) is 13.3. The molecule has 2 aliphatic rings. The van der Waals surface area contributed by atoms with E-state index in [1.807, 2.05) is 53.0 Å². The fraction of sp³-hybridized carbons (Fsp3) is 0.320. The van der Waals surface area contributed by atoms with Crippen molar-refractivity contribution >= 4 is 17.2 Å². The Bertz CT molecular complexity index is 1410. The molecule has 3 aromatic heterocycles. The van der Waals surface area contributed by atoms with Crippen LogP contribution in [0.15, 0.2) is 41.2 Å². The number of aliphatic hydroxyl groups excluding tert-OH is 1. The lowest BCUT2D eigenvalue weighted by Crippen LogP contribution is -2.34. The average molecular weight is 492 g/mol. The Morgan fingerprint density at radius 2 is 2.14 bits per heavy atom. The van der Waals surface area contributed by atoms with Crippen LogP contribution < -0.4 is 14.8 Å². The van der Waals surface area contributed by atoms with E-state index in [1.54, 1.807) is 23.1 Å². The van der Waals surface area contributed by atoms with Gasteiger partial charge in [-0.2, -0.15) is 21.5 Å². The summed E-state index contributed by atoms with van der Waals surface area (Å²) in [5.74, 6) is 1.07. The largest absolute Gasteiger partial charge is 0.496 e. The van der Waals surface area contributed by atoms with Crippen molar-refractivity contribution in [1.29, 1.82) is 0 Å². The number of carbonyl (C=O) groups excluding carboxylic acids is 1. The van der Waals surface area contributed by atoms with Gasteiger partial charge in [0.1, 0.15) is 18.1 Å². The third-order valence-electron chi connectivity index (χ3n) is 6.61. The summed E-state index contributed by atoms with van der Waals surface area (Å²) in [6, 6.07) is 7.71. The highest BCUT2D eigenvalue weighted by Crippen LogP contribution is 2.45. The Balaban J connectivity index is 1.49. The summed E-state index contributed by atoms with van der Waals surface area (Å²) >= 11 is 1.57. The molecule has 1 aromatic carbocycles. The number of aryl methyl sites for hydroxylation is 1. The second kappa shape index (κ2) is 8.54. The summed E-state index contributed by atoms with van der Waals surface area (Å²) in [5.41, 5.74) is 5.20. The number of nitrogens with zero attached hydrogens (tertiary/aromatic N) is 4. The zero-order valence-electron chi connectivity index (χ0n) is 19.4. The number of thiophene rings is 1. The number of carbonyl (C=O) groups is 1. The monoisotopic (exact) mass is 491 g/mol. The molecule has 1 fully saturated rings. The minimum atomic E-state index is -0.368. The van der Waals surface area contributed by atoms with E-state index in [0.717, 1.165) is 40.2 Å². The van der Waals surface area contributed by atoms with Gasteiger partial charge in [0.2, 0.25) is 0 Å².